The molecular formula is C11H15NO2. The summed E-state index contributed by atoms with van der Waals surface area (Å²) in [5.41, 5.74) is 5.92. The molecule has 1 aromatic carbocycles. The van der Waals surface area contributed by atoms with Gasteiger partial charge in [-0.3, -0.25) is 0 Å². The summed E-state index contributed by atoms with van der Waals surface area (Å²) < 4.78 is 7.07. The first-order chi connectivity index (χ1) is 6.98. The van der Waals surface area contributed by atoms with E-state index in [4.69, 9.17) is 12.2 Å². The van der Waals surface area contributed by atoms with Crippen LogP contribution in [-0.2, 0) is 16.8 Å². The van der Waals surface area contributed by atoms with Crippen LogP contribution in [0.5, 0.6) is 0 Å². The quantitative estimate of drug-likeness (QED) is 0.766. The minimum absolute atomic E-state index is 0.332. The van der Waals surface area contributed by atoms with Gasteiger partial charge in [0.2, 0.25) is 0 Å². The normalized spacial score (nSPS) is 15.7. The van der Waals surface area contributed by atoms with Crippen molar-refractivity contribution in [2.24, 2.45) is 5.73 Å². The van der Waals surface area contributed by atoms with Crippen LogP contribution in [-0.4, -0.2) is 11.1 Å². The van der Waals surface area contributed by atoms with Crippen molar-refractivity contribution in [1.29, 1.82) is 0 Å². The third-order valence-corrected chi connectivity index (χ3v) is 2.29. The Kier molecular flexibility index (Phi) is 2.50. The highest BCUT2D eigenvalue weighted by Gasteiger charge is 2.29. The Hall–Kier alpha value is -1.35. The molecule has 0 aromatic heterocycles. The molecule has 0 aliphatic carbocycles. The van der Waals surface area contributed by atoms with E-state index >= 15 is 0 Å². The van der Waals surface area contributed by atoms with E-state index in [9.17, 15) is 4.79 Å². The third kappa shape index (κ3) is 1.93. The largest absolute Gasteiger partial charge is 0.480 e. The zero-order valence-corrected chi connectivity index (χ0v) is 8.16. The zero-order valence-electron chi connectivity index (χ0n) is 9.16. The minimum Gasteiger partial charge on any atom is -0.480 e. The van der Waals surface area contributed by atoms with Crippen LogP contribution < -0.4 is 5.73 Å². The van der Waals surface area contributed by atoms with Crippen molar-refractivity contribution in [1.82, 2.24) is 0 Å². The molecule has 14 heavy (non-hydrogen) atoms. The maximum absolute atomic E-state index is 10.9. The summed E-state index contributed by atoms with van der Waals surface area (Å²) in [6.07, 6.45) is 0.675. The summed E-state index contributed by atoms with van der Waals surface area (Å²) in [6, 6.07) is 7.05. The van der Waals surface area contributed by atoms with Crippen molar-refractivity contribution in [2.75, 3.05) is 0 Å². The van der Waals surface area contributed by atoms with Gasteiger partial charge in [0, 0.05) is 1.37 Å². The number of aliphatic carboxylic acids is 1. The molecule has 1 atom stereocenters. The molecule has 0 saturated carbocycles. The first kappa shape index (κ1) is 9.21. The number of benzene rings is 1. The molecule has 0 heterocycles. The Morgan fingerprint density at radius 2 is 2.14 bits per heavy atom. The van der Waals surface area contributed by atoms with E-state index in [-0.39, 0.29) is 0 Å². The summed E-state index contributed by atoms with van der Waals surface area (Å²) in [5.74, 6) is -1.05. The fraction of sp³-hybridized carbons (Fsp3) is 0.364. The van der Waals surface area contributed by atoms with Gasteiger partial charge in [-0.15, -0.1) is 0 Å². The maximum atomic E-state index is 10.9. The van der Waals surface area contributed by atoms with Crippen LogP contribution in [0.1, 0.15) is 26.3 Å². The van der Waals surface area contributed by atoms with E-state index in [2.05, 4.69) is 0 Å². The van der Waals surface area contributed by atoms with Crippen molar-refractivity contribution in [3.05, 3.63) is 35.4 Å². The number of aryl methyl sites for hydroxylation is 1. The maximum Gasteiger partial charge on any atom is 0.328 e. The fourth-order valence-corrected chi connectivity index (χ4v) is 1.14. The number of rotatable bonds is 3. The number of hydrogen-bond donors (Lipinski definition) is 2. The number of nitrogens with two attached hydrogens (primary N) is 1. The molecule has 0 spiro atoms. The molecule has 1 rings (SSSR count). The number of carbonyl (C=O) groups is 1. The minimum atomic E-state index is -1.35. The number of carboxylic acid groups (broad SMARTS) is 1. The van der Waals surface area contributed by atoms with Crippen molar-refractivity contribution in [3.8, 4) is 0 Å². The van der Waals surface area contributed by atoms with Gasteiger partial charge in [-0.05, 0) is 24.5 Å². The van der Waals surface area contributed by atoms with Crippen LogP contribution >= 0.6 is 0 Å². The van der Waals surface area contributed by atoms with E-state index < -0.39 is 11.5 Å². The zero-order chi connectivity index (χ0) is 11.5. The average molecular weight is 194 g/mol. The van der Waals surface area contributed by atoms with E-state index in [1.807, 2.05) is 12.1 Å². The second-order valence-electron chi connectivity index (χ2n) is 3.45. The molecule has 0 saturated heterocycles. The van der Waals surface area contributed by atoms with Gasteiger partial charge < -0.3 is 10.8 Å². The summed E-state index contributed by atoms with van der Waals surface area (Å²) in [4.78, 5) is 10.9. The number of hydrogen-bond acceptors (Lipinski definition) is 2. The molecule has 0 radical (unpaired) electrons. The van der Waals surface area contributed by atoms with Gasteiger partial charge in [0.25, 0.3) is 0 Å². The summed E-state index contributed by atoms with van der Waals surface area (Å²) in [6.45, 7) is 1.80. The van der Waals surface area contributed by atoms with Gasteiger partial charge in [0.1, 0.15) is 5.54 Å². The predicted octanol–water partition coefficient (Wildman–Crippen LogP) is 1.51. The Bertz CT molecular complexity index is 346. The standard InChI is InChI=1S/C11H15NO2/c1-3-8-4-6-9(7-5-8)11(2,12)10(13)14/h4-7H,3,12H2,1-2H3,(H,13,14)/t11-/m1/s1/i1D. The van der Waals surface area contributed by atoms with E-state index in [1.54, 1.807) is 12.1 Å². The second kappa shape index (κ2) is 3.80. The molecule has 3 heteroatoms. The SMILES string of the molecule is [2H]CCc1ccc([C@@](C)(N)C(=O)O)cc1. The predicted molar refractivity (Wildman–Crippen MR) is 55.0 cm³/mol. The summed E-state index contributed by atoms with van der Waals surface area (Å²) in [5, 5.41) is 8.91. The average Bonchev–Trinajstić information content (AvgIpc) is 2.19. The fourth-order valence-electron chi connectivity index (χ4n) is 1.14. The van der Waals surface area contributed by atoms with Gasteiger partial charge in [0.15, 0.2) is 0 Å². The lowest BCUT2D eigenvalue weighted by atomic mass is 9.92. The summed E-state index contributed by atoms with van der Waals surface area (Å²) >= 11 is 0. The van der Waals surface area contributed by atoms with Gasteiger partial charge in [-0.25, -0.2) is 4.79 Å². The Balaban J connectivity index is 2.93. The van der Waals surface area contributed by atoms with Crippen LogP contribution in [0.3, 0.4) is 0 Å². The molecule has 3 nitrogen and oxygen atoms in total. The van der Waals surface area contributed by atoms with Crippen LogP contribution in [0.25, 0.3) is 0 Å². The first-order valence-corrected chi connectivity index (χ1v) is 4.39. The lowest BCUT2D eigenvalue weighted by Gasteiger charge is -2.19. The Morgan fingerprint density at radius 3 is 2.57 bits per heavy atom. The highest BCUT2D eigenvalue weighted by Crippen LogP contribution is 2.18. The molecule has 76 valence electrons. The second-order valence-corrected chi connectivity index (χ2v) is 3.45. The van der Waals surface area contributed by atoms with Gasteiger partial charge in [0.05, 0.1) is 0 Å². The topological polar surface area (TPSA) is 63.3 Å². The van der Waals surface area contributed by atoms with Gasteiger partial charge in [-0.1, -0.05) is 31.2 Å². The van der Waals surface area contributed by atoms with Crippen LogP contribution in [0.2, 0.25) is 0 Å². The molecule has 0 aliphatic rings. The van der Waals surface area contributed by atoms with Gasteiger partial charge >= 0.3 is 5.97 Å². The van der Waals surface area contributed by atoms with E-state index in [0.717, 1.165) is 5.56 Å². The van der Waals surface area contributed by atoms with Crippen LogP contribution in [0.4, 0.5) is 0 Å². The molecule has 0 amide bonds. The van der Waals surface area contributed by atoms with Crippen molar-refractivity contribution < 1.29 is 11.3 Å². The van der Waals surface area contributed by atoms with E-state index in [1.165, 1.54) is 6.92 Å². The van der Waals surface area contributed by atoms with Crippen molar-refractivity contribution >= 4 is 5.97 Å². The molecule has 1 aromatic rings. The lowest BCUT2D eigenvalue weighted by Crippen LogP contribution is -2.41. The molecule has 0 unspecified atom stereocenters. The van der Waals surface area contributed by atoms with Crippen LogP contribution in [0.15, 0.2) is 24.3 Å². The molecule has 3 N–H and O–H groups in total. The molecule has 0 fully saturated rings. The Labute approximate surface area is 85.0 Å². The number of carboxylic acids is 1. The van der Waals surface area contributed by atoms with Crippen LogP contribution in [0, 0.1) is 0 Å². The van der Waals surface area contributed by atoms with E-state index in [0.29, 0.717) is 18.9 Å². The lowest BCUT2D eigenvalue weighted by molar-refractivity contribution is -0.143. The monoisotopic (exact) mass is 194 g/mol. The van der Waals surface area contributed by atoms with Gasteiger partial charge in [-0.2, -0.15) is 0 Å². The van der Waals surface area contributed by atoms with Crippen molar-refractivity contribution in [2.45, 2.75) is 25.8 Å². The van der Waals surface area contributed by atoms with Crippen molar-refractivity contribution in [3.63, 3.8) is 0 Å². The first-order valence-electron chi connectivity index (χ1n) is 5.10. The molecule has 0 aliphatic heterocycles. The smallest absolute Gasteiger partial charge is 0.328 e. The molecule has 0 bridgehead atoms. The highest BCUT2D eigenvalue weighted by molar-refractivity contribution is 5.79. The molecular weight excluding hydrogens is 178 g/mol. The Morgan fingerprint density at radius 1 is 1.57 bits per heavy atom. The highest BCUT2D eigenvalue weighted by atomic mass is 16.4. The third-order valence-electron chi connectivity index (χ3n) is 2.29. The summed E-state index contributed by atoms with van der Waals surface area (Å²) in [7, 11) is 0.